The Morgan fingerprint density at radius 3 is 2.88 bits per heavy atom. The van der Waals surface area contributed by atoms with Gasteiger partial charge in [-0.15, -0.1) is 11.8 Å². The molecule has 0 bridgehead atoms. The highest BCUT2D eigenvalue weighted by atomic mass is 35.5. The molecule has 1 heterocycles. The Hall–Kier alpha value is -2.18. The Bertz CT molecular complexity index is 841. The van der Waals surface area contributed by atoms with Crippen molar-refractivity contribution in [1.29, 1.82) is 0 Å². The van der Waals surface area contributed by atoms with Gasteiger partial charge in [0.05, 0.1) is 23.7 Å². The maximum absolute atomic E-state index is 12.4. The zero-order valence-corrected chi connectivity index (χ0v) is 15.3. The van der Waals surface area contributed by atoms with Gasteiger partial charge < -0.3 is 15.4 Å². The second-order valence-electron chi connectivity index (χ2n) is 5.65. The third-order valence-corrected chi connectivity index (χ3v) is 5.51. The summed E-state index contributed by atoms with van der Waals surface area (Å²) < 4.78 is 5.26. The summed E-state index contributed by atoms with van der Waals surface area (Å²) in [7, 11) is 1.51. The van der Waals surface area contributed by atoms with E-state index in [2.05, 4.69) is 10.6 Å². The van der Waals surface area contributed by atoms with Gasteiger partial charge in [0.15, 0.2) is 0 Å². The van der Waals surface area contributed by atoms with Gasteiger partial charge in [-0.3, -0.25) is 9.59 Å². The lowest BCUT2D eigenvalue weighted by Crippen LogP contribution is -2.32. The molecule has 2 amide bonds. The number of thioether (sulfide) groups is 1. The molecule has 25 heavy (non-hydrogen) atoms. The molecule has 7 heteroatoms. The fourth-order valence-electron chi connectivity index (χ4n) is 2.53. The lowest BCUT2D eigenvalue weighted by Gasteiger charge is -2.23. The van der Waals surface area contributed by atoms with Gasteiger partial charge in [0.25, 0.3) is 0 Å². The van der Waals surface area contributed by atoms with Gasteiger partial charge in [0.2, 0.25) is 11.8 Å². The molecule has 2 N–H and O–H groups in total. The van der Waals surface area contributed by atoms with Crippen LogP contribution in [-0.4, -0.2) is 24.2 Å². The second-order valence-corrected chi connectivity index (χ2v) is 7.30. The molecule has 0 fully saturated rings. The molecule has 5 nitrogen and oxygen atoms in total. The number of ether oxygens (including phenoxy) is 1. The van der Waals surface area contributed by atoms with Gasteiger partial charge in [-0.2, -0.15) is 0 Å². The molecule has 0 radical (unpaired) electrons. The first-order valence-corrected chi connectivity index (χ1v) is 8.94. The summed E-state index contributed by atoms with van der Waals surface area (Å²) in [6.45, 7) is 1.85. The van der Waals surface area contributed by atoms with E-state index in [1.165, 1.54) is 18.9 Å². The number of para-hydroxylation sites is 1. The van der Waals surface area contributed by atoms with Gasteiger partial charge in [-0.1, -0.05) is 23.7 Å². The smallest absolute Gasteiger partial charge is 0.238 e. The minimum absolute atomic E-state index is 0.0651. The van der Waals surface area contributed by atoms with Gasteiger partial charge in [-0.05, 0) is 30.7 Å². The number of hydrogen-bond donors (Lipinski definition) is 2. The number of nitrogens with one attached hydrogen (secondary N) is 2. The zero-order valence-electron chi connectivity index (χ0n) is 13.8. The highest BCUT2D eigenvalue weighted by Gasteiger charge is 2.29. The maximum atomic E-state index is 12.4. The van der Waals surface area contributed by atoms with Crippen molar-refractivity contribution in [3.05, 3.63) is 47.0 Å². The molecule has 130 valence electrons. The van der Waals surface area contributed by atoms with Crippen molar-refractivity contribution in [3.63, 3.8) is 0 Å². The highest BCUT2D eigenvalue weighted by molar-refractivity contribution is 8.01. The largest absolute Gasteiger partial charge is 0.495 e. The number of halogens is 1. The summed E-state index contributed by atoms with van der Waals surface area (Å²) in [5.41, 5.74) is 2.15. The number of fused-ring (bicyclic) bond motifs is 1. The van der Waals surface area contributed by atoms with E-state index < -0.39 is 5.25 Å². The molecule has 0 aromatic heterocycles. The van der Waals surface area contributed by atoms with Crippen LogP contribution in [0.1, 0.15) is 12.0 Å². The van der Waals surface area contributed by atoms with Gasteiger partial charge >= 0.3 is 0 Å². The Balaban J connectivity index is 1.71. The molecular weight excluding hydrogens is 360 g/mol. The van der Waals surface area contributed by atoms with Crippen molar-refractivity contribution in [2.24, 2.45) is 0 Å². The average molecular weight is 377 g/mol. The lowest BCUT2D eigenvalue weighted by atomic mass is 10.2. The number of amides is 2. The van der Waals surface area contributed by atoms with Crippen LogP contribution < -0.4 is 15.4 Å². The summed E-state index contributed by atoms with van der Waals surface area (Å²) in [5, 5.41) is 5.73. The lowest BCUT2D eigenvalue weighted by molar-refractivity contribution is -0.120. The van der Waals surface area contributed by atoms with Crippen LogP contribution in [0.15, 0.2) is 41.3 Å². The number of anilines is 2. The Kier molecular flexibility index (Phi) is 5.20. The zero-order chi connectivity index (χ0) is 18.0. The molecule has 0 aliphatic carbocycles. The van der Waals surface area contributed by atoms with Crippen LogP contribution in [0.2, 0.25) is 5.02 Å². The first-order chi connectivity index (χ1) is 12.0. The second kappa shape index (κ2) is 7.37. The number of hydrogen-bond acceptors (Lipinski definition) is 4. The van der Waals surface area contributed by atoms with E-state index >= 15 is 0 Å². The van der Waals surface area contributed by atoms with Gasteiger partial charge in [0.1, 0.15) is 5.75 Å². The fourth-order valence-corrected chi connectivity index (χ4v) is 3.79. The number of aryl methyl sites for hydroxylation is 1. The molecule has 3 rings (SSSR count). The van der Waals surface area contributed by atoms with E-state index in [1.807, 2.05) is 31.2 Å². The predicted octanol–water partition coefficient (Wildman–Crippen LogP) is 4.10. The average Bonchev–Trinajstić information content (AvgIpc) is 2.58. The minimum Gasteiger partial charge on any atom is -0.495 e. The van der Waals surface area contributed by atoms with Crippen LogP contribution in [0.4, 0.5) is 11.4 Å². The van der Waals surface area contributed by atoms with E-state index in [9.17, 15) is 9.59 Å². The normalized spacial score (nSPS) is 16.0. The van der Waals surface area contributed by atoms with Crippen molar-refractivity contribution in [1.82, 2.24) is 0 Å². The van der Waals surface area contributed by atoms with Crippen LogP contribution in [0.5, 0.6) is 5.75 Å². The molecule has 0 saturated heterocycles. The third-order valence-electron chi connectivity index (χ3n) is 3.83. The summed E-state index contributed by atoms with van der Waals surface area (Å²) in [5.74, 6) is 0.0557. The fraction of sp³-hybridized carbons (Fsp3) is 0.222. The molecule has 2 aromatic rings. The van der Waals surface area contributed by atoms with Gasteiger partial charge in [0, 0.05) is 22.4 Å². The SMILES string of the molecule is COc1cc(Cl)c(C)cc1NC(=O)C[C@H]1Sc2ccccc2NC1=O. The van der Waals surface area contributed by atoms with Gasteiger partial charge in [-0.25, -0.2) is 0 Å². The molecule has 1 aliphatic heterocycles. The predicted molar refractivity (Wildman–Crippen MR) is 101 cm³/mol. The van der Waals surface area contributed by atoms with E-state index in [0.717, 1.165) is 16.1 Å². The molecular formula is C18H17ClN2O3S. The van der Waals surface area contributed by atoms with Crippen molar-refractivity contribution in [3.8, 4) is 5.75 Å². The number of rotatable bonds is 4. The molecule has 1 atom stereocenters. The van der Waals surface area contributed by atoms with E-state index in [-0.39, 0.29) is 18.2 Å². The summed E-state index contributed by atoms with van der Waals surface area (Å²) >= 11 is 7.47. The van der Waals surface area contributed by atoms with E-state index in [4.69, 9.17) is 16.3 Å². The monoisotopic (exact) mass is 376 g/mol. The summed E-state index contributed by atoms with van der Waals surface area (Å²) in [6.07, 6.45) is 0.0651. The molecule has 0 spiro atoms. The standard InChI is InChI=1S/C18H17ClN2O3S/c1-10-7-13(14(24-2)8-11(10)19)20-17(22)9-16-18(23)21-12-5-3-4-6-15(12)25-16/h3-8,16H,9H2,1-2H3,(H,20,22)(H,21,23)/t16-/m1/s1. The highest BCUT2D eigenvalue weighted by Crippen LogP contribution is 2.37. The van der Waals surface area contributed by atoms with Crippen molar-refractivity contribution >= 4 is 46.6 Å². The summed E-state index contributed by atoms with van der Waals surface area (Å²) in [4.78, 5) is 25.6. The quantitative estimate of drug-likeness (QED) is 0.843. The summed E-state index contributed by atoms with van der Waals surface area (Å²) in [6, 6.07) is 10.9. The number of carbonyl (C=O) groups excluding carboxylic acids is 2. The molecule has 0 saturated carbocycles. The Morgan fingerprint density at radius 2 is 2.12 bits per heavy atom. The number of benzene rings is 2. The maximum Gasteiger partial charge on any atom is 0.238 e. The van der Waals surface area contributed by atoms with Crippen molar-refractivity contribution in [2.45, 2.75) is 23.5 Å². The first-order valence-electron chi connectivity index (χ1n) is 7.68. The topological polar surface area (TPSA) is 67.4 Å². The van der Waals surface area contributed by atoms with Crippen molar-refractivity contribution in [2.75, 3.05) is 17.7 Å². The number of methoxy groups -OCH3 is 1. The Labute approximate surface area is 155 Å². The van der Waals surface area contributed by atoms with E-state index in [0.29, 0.717) is 16.5 Å². The van der Waals surface area contributed by atoms with Crippen LogP contribution in [0.3, 0.4) is 0 Å². The van der Waals surface area contributed by atoms with Crippen LogP contribution in [0, 0.1) is 6.92 Å². The molecule has 1 aliphatic rings. The minimum atomic E-state index is -0.478. The van der Waals surface area contributed by atoms with Crippen LogP contribution in [-0.2, 0) is 9.59 Å². The third kappa shape index (κ3) is 3.91. The van der Waals surface area contributed by atoms with Crippen LogP contribution in [0.25, 0.3) is 0 Å². The number of carbonyl (C=O) groups is 2. The van der Waals surface area contributed by atoms with E-state index in [1.54, 1.807) is 12.1 Å². The van der Waals surface area contributed by atoms with Crippen LogP contribution >= 0.6 is 23.4 Å². The Morgan fingerprint density at radius 1 is 1.36 bits per heavy atom. The molecule has 0 unspecified atom stereocenters. The first kappa shape index (κ1) is 17.6. The molecule has 2 aromatic carbocycles. The van der Waals surface area contributed by atoms with Crippen molar-refractivity contribution < 1.29 is 14.3 Å².